The van der Waals surface area contributed by atoms with Crippen molar-refractivity contribution in [1.29, 1.82) is 0 Å². The molecule has 0 rings (SSSR count). The summed E-state index contributed by atoms with van der Waals surface area (Å²) in [6.07, 6.45) is 3.21. The third-order valence-electron chi connectivity index (χ3n) is 0.673. The van der Waals surface area contributed by atoms with Crippen molar-refractivity contribution in [2.45, 2.75) is 13.0 Å². The summed E-state index contributed by atoms with van der Waals surface area (Å²) in [4.78, 5) is 0. The van der Waals surface area contributed by atoms with Gasteiger partial charge in [0.05, 0.1) is 6.54 Å². The van der Waals surface area contributed by atoms with Gasteiger partial charge in [-0.15, -0.1) is 0 Å². The Morgan fingerprint density at radius 2 is 2.11 bits per heavy atom. The lowest BCUT2D eigenvalue weighted by atomic mass is 10.4. The summed E-state index contributed by atoms with van der Waals surface area (Å²) in [5.74, 6) is 0. The Labute approximate surface area is 56.8 Å². The van der Waals surface area contributed by atoms with Crippen molar-refractivity contribution < 1.29 is 4.21 Å². The average Bonchev–Trinajstić information content (AvgIpc) is 1.59. The highest BCUT2D eigenvalue weighted by Gasteiger charge is 1.92. The van der Waals surface area contributed by atoms with Gasteiger partial charge in [0.2, 0.25) is 0 Å². The van der Waals surface area contributed by atoms with E-state index in [-0.39, 0.29) is 6.04 Å². The van der Waals surface area contributed by atoms with Crippen molar-refractivity contribution in [3.05, 3.63) is 0 Å². The maximum absolute atomic E-state index is 10.9. The van der Waals surface area contributed by atoms with Crippen LogP contribution in [-0.4, -0.2) is 29.3 Å². The predicted octanol–water partition coefficient (Wildman–Crippen LogP) is 0.0612. The summed E-state index contributed by atoms with van der Waals surface area (Å²) in [5, 5.41) is 0. The Hall–Kier alpha value is -0.0900. The monoisotopic (exact) mass is 150 g/mol. The van der Waals surface area contributed by atoms with Crippen LogP contribution in [0.5, 0.6) is 0 Å². The van der Waals surface area contributed by atoms with Crippen LogP contribution >= 0.6 is 0 Å². The Morgan fingerprint density at radius 1 is 1.67 bits per heavy atom. The molecule has 0 saturated carbocycles. The molecule has 1 unspecified atom stereocenters. The van der Waals surface area contributed by atoms with Crippen LogP contribution in [-0.2, 0) is 9.73 Å². The summed E-state index contributed by atoms with van der Waals surface area (Å²) < 4.78 is 14.7. The fraction of sp³-hybridized carbons (Fsp3) is 1.00. The SMILES string of the molecule is CC(N)CN=S(C)(C)=O. The molecule has 0 aliphatic carbocycles. The molecule has 0 saturated heterocycles. The van der Waals surface area contributed by atoms with E-state index in [0.29, 0.717) is 6.54 Å². The van der Waals surface area contributed by atoms with Gasteiger partial charge in [-0.25, -0.2) is 4.36 Å². The molecule has 0 aliphatic rings. The van der Waals surface area contributed by atoms with Gasteiger partial charge in [-0.05, 0) is 6.92 Å². The van der Waals surface area contributed by atoms with Gasteiger partial charge in [-0.3, -0.25) is 4.21 Å². The molecule has 0 aromatic carbocycles. The van der Waals surface area contributed by atoms with Crippen molar-refractivity contribution in [2.75, 3.05) is 19.1 Å². The molecule has 0 aliphatic heterocycles. The minimum absolute atomic E-state index is 0.0192. The van der Waals surface area contributed by atoms with Crippen LogP contribution in [0.1, 0.15) is 6.92 Å². The lowest BCUT2D eigenvalue weighted by Crippen LogP contribution is -2.19. The van der Waals surface area contributed by atoms with E-state index >= 15 is 0 Å². The van der Waals surface area contributed by atoms with Crippen molar-refractivity contribution in [3.63, 3.8) is 0 Å². The van der Waals surface area contributed by atoms with E-state index in [0.717, 1.165) is 0 Å². The minimum atomic E-state index is -1.92. The molecule has 2 N–H and O–H groups in total. The van der Waals surface area contributed by atoms with Crippen LogP contribution in [0.3, 0.4) is 0 Å². The minimum Gasteiger partial charge on any atom is -0.326 e. The van der Waals surface area contributed by atoms with Gasteiger partial charge in [0.25, 0.3) is 0 Å². The third-order valence-corrected chi connectivity index (χ3v) is 1.44. The molecular formula is C5H14N2OS. The molecule has 0 spiro atoms. The van der Waals surface area contributed by atoms with E-state index in [4.69, 9.17) is 5.73 Å². The molecule has 0 aromatic rings. The molecule has 0 aromatic heterocycles. The van der Waals surface area contributed by atoms with Gasteiger partial charge in [0, 0.05) is 28.3 Å². The van der Waals surface area contributed by atoms with Gasteiger partial charge in [-0.1, -0.05) is 0 Å². The highest BCUT2D eigenvalue weighted by Crippen LogP contribution is 1.85. The zero-order valence-corrected chi connectivity index (χ0v) is 6.94. The molecule has 4 heteroatoms. The van der Waals surface area contributed by atoms with Gasteiger partial charge < -0.3 is 5.73 Å². The first-order valence-electron chi connectivity index (χ1n) is 2.80. The molecule has 56 valence electrons. The van der Waals surface area contributed by atoms with Crippen molar-refractivity contribution in [3.8, 4) is 0 Å². The summed E-state index contributed by atoms with van der Waals surface area (Å²) in [7, 11) is -1.92. The van der Waals surface area contributed by atoms with E-state index in [1.165, 1.54) is 0 Å². The smallest absolute Gasteiger partial charge is 0.0632 e. The van der Waals surface area contributed by atoms with Gasteiger partial charge in [0.15, 0.2) is 0 Å². The van der Waals surface area contributed by atoms with E-state index in [1.54, 1.807) is 12.5 Å². The second kappa shape index (κ2) is 3.17. The first-order valence-corrected chi connectivity index (χ1v) is 5.13. The molecule has 0 fully saturated rings. The number of hydrogen-bond donors (Lipinski definition) is 1. The molecule has 1 atom stereocenters. The molecule has 0 amide bonds. The summed E-state index contributed by atoms with van der Waals surface area (Å²) >= 11 is 0. The molecular weight excluding hydrogens is 136 g/mol. The molecule has 3 nitrogen and oxygen atoms in total. The largest absolute Gasteiger partial charge is 0.326 e. The third kappa shape index (κ3) is 7.91. The summed E-state index contributed by atoms with van der Waals surface area (Å²) in [5.41, 5.74) is 5.38. The fourth-order valence-electron chi connectivity index (χ4n) is 0.297. The van der Waals surface area contributed by atoms with Crippen molar-refractivity contribution >= 4 is 9.73 Å². The summed E-state index contributed by atoms with van der Waals surface area (Å²) in [6.45, 7) is 2.33. The Morgan fingerprint density at radius 3 is 2.22 bits per heavy atom. The number of nitrogens with two attached hydrogens (primary N) is 1. The second-order valence-electron chi connectivity index (χ2n) is 2.47. The second-order valence-corrected chi connectivity index (χ2v) is 5.09. The van der Waals surface area contributed by atoms with E-state index in [1.807, 2.05) is 6.92 Å². The Bertz CT molecular complexity index is 171. The molecule has 0 radical (unpaired) electrons. The average molecular weight is 150 g/mol. The molecule has 0 bridgehead atoms. The lowest BCUT2D eigenvalue weighted by Gasteiger charge is -1.99. The maximum atomic E-state index is 10.9. The van der Waals surface area contributed by atoms with Crippen LogP contribution in [0.4, 0.5) is 0 Å². The van der Waals surface area contributed by atoms with E-state index in [9.17, 15) is 4.21 Å². The van der Waals surface area contributed by atoms with Crippen LogP contribution in [0.25, 0.3) is 0 Å². The maximum Gasteiger partial charge on any atom is 0.0632 e. The van der Waals surface area contributed by atoms with Gasteiger partial charge in [-0.2, -0.15) is 0 Å². The van der Waals surface area contributed by atoms with Crippen LogP contribution < -0.4 is 5.73 Å². The fourth-order valence-corrected chi connectivity index (χ4v) is 0.891. The highest BCUT2D eigenvalue weighted by atomic mass is 32.2. The predicted molar refractivity (Wildman–Crippen MR) is 40.9 cm³/mol. The first kappa shape index (κ1) is 8.91. The summed E-state index contributed by atoms with van der Waals surface area (Å²) in [6, 6.07) is 0.0192. The van der Waals surface area contributed by atoms with E-state index < -0.39 is 9.73 Å². The zero-order valence-electron chi connectivity index (χ0n) is 6.13. The van der Waals surface area contributed by atoms with Crippen molar-refractivity contribution in [1.82, 2.24) is 0 Å². The zero-order chi connectivity index (χ0) is 7.49. The number of rotatable bonds is 2. The first-order chi connectivity index (χ1) is 3.92. The van der Waals surface area contributed by atoms with E-state index in [2.05, 4.69) is 4.36 Å². The van der Waals surface area contributed by atoms with Crippen LogP contribution in [0.15, 0.2) is 4.36 Å². The normalized spacial score (nSPS) is 15.1. The molecule has 9 heavy (non-hydrogen) atoms. The van der Waals surface area contributed by atoms with Crippen LogP contribution in [0, 0.1) is 0 Å². The number of nitrogens with zero attached hydrogens (tertiary/aromatic N) is 1. The standard InChI is InChI=1S/C5H14N2OS/c1-5(6)4-7-9(2,3)8/h5H,4,6H2,1-3H3. The highest BCUT2D eigenvalue weighted by molar-refractivity contribution is 7.92. The molecule has 0 heterocycles. The lowest BCUT2D eigenvalue weighted by molar-refractivity contribution is 0.677. The Kier molecular flexibility index (Phi) is 3.14. The van der Waals surface area contributed by atoms with Gasteiger partial charge >= 0.3 is 0 Å². The number of hydrogen-bond acceptors (Lipinski definition) is 3. The quantitative estimate of drug-likeness (QED) is 0.605. The van der Waals surface area contributed by atoms with Gasteiger partial charge in [0.1, 0.15) is 0 Å². The van der Waals surface area contributed by atoms with Crippen LogP contribution in [0.2, 0.25) is 0 Å². The van der Waals surface area contributed by atoms with Crippen molar-refractivity contribution in [2.24, 2.45) is 10.1 Å². The Balaban J connectivity index is 3.87. The topological polar surface area (TPSA) is 55.4 Å².